The van der Waals surface area contributed by atoms with Crippen LogP contribution in [0.15, 0.2) is 97.7 Å². The van der Waals surface area contributed by atoms with Gasteiger partial charge < -0.3 is 30.2 Å². The third-order valence-electron chi connectivity index (χ3n) is 10.6. The van der Waals surface area contributed by atoms with Crippen LogP contribution in [0.2, 0.25) is 15.1 Å². The fraction of sp³-hybridized carbons (Fsp3) is 0.283. The third kappa shape index (κ3) is 9.07. The number of allylic oxidation sites excluding steroid dienone is 1. The molecule has 0 aliphatic carbocycles. The molecule has 1 atom stereocenters. The predicted octanol–water partition coefficient (Wildman–Crippen LogP) is 11.4. The standard InChI is InChI=1S/C46H48Cl3N5O4/c1-8-54(28(3)34-17-15-31(47)25-36(34)49)42(27(2)29-12-10-9-11-13-29)40-35-18-16-32(48)26-37(35)51-41(40)43(55)52-38-24-30(44(56)58-7)14-19-39(38)53-22-20-33(21-23-53)50-45(57)46(4,5)6/h8-19,24-26,28,33,51H,1,20-23H2,2-7H3,(H,50,57)(H,52,55)/b42-27+. The molecule has 58 heavy (non-hydrogen) atoms. The van der Waals surface area contributed by atoms with E-state index in [1.807, 2.05) is 88.0 Å². The number of H-pyrrole nitrogens is 1. The summed E-state index contributed by atoms with van der Waals surface area (Å²) in [6.07, 6.45) is 3.15. The molecule has 1 aliphatic rings. The summed E-state index contributed by atoms with van der Waals surface area (Å²) in [5, 5.41) is 8.60. The van der Waals surface area contributed by atoms with Gasteiger partial charge in [0.05, 0.1) is 35.8 Å². The number of nitrogens with one attached hydrogen (secondary N) is 3. The Morgan fingerprint density at radius 3 is 2.24 bits per heavy atom. The maximum atomic E-state index is 15.0. The number of benzene rings is 4. The normalized spacial score (nSPS) is 14.4. The molecule has 1 saturated heterocycles. The van der Waals surface area contributed by atoms with Crippen LogP contribution in [0.25, 0.3) is 22.2 Å². The fourth-order valence-corrected chi connectivity index (χ4v) is 8.10. The lowest BCUT2D eigenvalue weighted by Crippen LogP contribution is -2.47. The summed E-state index contributed by atoms with van der Waals surface area (Å²) in [7, 11) is 1.32. The van der Waals surface area contributed by atoms with E-state index in [4.69, 9.17) is 39.5 Å². The average molecular weight is 841 g/mol. The van der Waals surface area contributed by atoms with E-state index in [0.717, 1.165) is 27.8 Å². The molecule has 6 rings (SSSR count). The first-order chi connectivity index (χ1) is 27.6. The first-order valence-corrected chi connectivity index (χ1v) is 20.3. The number of fused-ring (bicyclic) bond motifs is 1. The van der Waals surface area contributed by atoms with Crippen molar-refractivity contribution in [1.29, 1.82) is 0 Å². The van der Waals surface area contributed by atoms with E-state index in [2.05, 4.69) is 27.1 Å². The third-order valence-corrected chi connectivity index (χ3v) is 11.4. The van der Waals surface area contributed by atoms with Gasteiger partial charge in [0.2, 0.25) is 5.91 Å². The number of hydrogen-bond donors (Lipinski definition) is 3. The van der Waals surface area contributed by atoms with Crippen LogP contribution in [0.3, 0.4) is 0 Å². The van der Waals surface area contributed by atoms with E-state index >= 15 is 0 Å². The summed E-state index contributed by atoms with van der Waals surface area (Å²) in [6, 6.07) is 25.6. The number of anilines is 2. The fourth-order valence-electron chi connectivity index (χ4n) is 7.36. The van der Waals surface area contributed by atoms with E-state index in [1.165, 1.54) is 7.11 Å². The maximum absolute atomic E-state index is 15.0. The molecule has 1 unspecified atom stereocenters. The molecular formula is C46H48Cl3N5O4. The van der Waals surface area contributed by atoms with E-state index in [1.54, 1.807) is 42.6 Å². The summed E-state index contributed by atoms with van der Waals surface area (Å²) in [5.74, 6) is -0.974. The van der Waals surface area contributed by atoms with Gasteiger partial charge in [0.15, 0.2) is 0 Å². The van der Waals surface area contributed by atoms with Crippen LogP contribution in [0.1, 0.15) is 91.0 Å². The number of ether oxygens (including phenoxy) is 1. The van der Waals surface area contributed by atoms with Crippen molar-refractivity contribution in [2.75, 3.05) is 30.4 Å². The second-order valence-corrected chi connectivity index (χ2v) is 16.8. The molecule has 302 valence electrons. The van der Waals surface area contributed by atoms with Gasteiger partial charge in [0, 0.05) is 56.1 Å². The number of rotatable bonds is 11. The first-order valence-electron chi connectivity index (χ1n) is 19.1. The molecule has 9 nitrogen and oxygen atoms in total. The summed E-state index contributed by atoms with van der Waals surface area (Å²) in [6.45, 7) is 15.2. The number of carbonyl (C=O) groups excluding carboxylic acids is 3. The van der Waals surface area contributed by atoms with Crippen LogP contribution in [0, 0.1) is 5.41 Å². The SMILES string of the molecule is C=CN(/C(=C(\C)c1ccccc1)c1c(C(=O)Nc2cc(C(=O)OC)ccc2N2CCC(NC(=O)C(C)(C)C)CC2)[nH]c2cc(Cl)ccc12)C(C)c1ccc(Cl)cc1Cl. The number of amides is 2. The average Bonchev–Trinajstić information content (AvgIpc) is 3.57. The van der Waals surface area contributed by atoms with E-state index in [9.17, 15) is 14.4 Å². The number of piperidine rings is 1. The minimum atomic E-state index is -0.535. The maximum Gasteiger partial charge on any atom is 0.337 e. The molecule has 3 N–H and O–H groups in total. The number of methoxy groups -OCH3 is 1. The number of halogens is 3. The van der Waals surface area contributed by atoms with Gasteiger partial charge in [-0.25, -0.2) is 4.79 Å². The second kappa shape index (κ2) is 17.7. The lowest BCUT2D eigenvalue weighted by Gasteiger charge is -2.36. The summed E-state index contributed by atoms with van der Waals surface area (Å²) >= 11 is 19.7. The minimum Gasteiger partial charge on any atom is -0.465 e. The van der Waals surface area contributed by atoms with Crippen LogP contribution < -0.4 is 15.5 Å². The number of carbonyl (C=O) groups is 3. The number of aromatic nitrogens is 1. The number of hydrogen-bond acceptors (Lipinski definition) is 6. The highest BCUT2D eigenvalue weighted by atomic mass is 35.5. The Morgan fingerprint density at radius 1 is 0.931 bits per heavy atom. The van der Waals surface area contributed by atoms with Crippen molar-refractivity contribution in [1.82, 2.24) is 15.2 Å². The van der Waals surface area contributed by atoms with Crippen molar-refractivity contribution in [2.45, 2.75) is 59.5 Å². The highest BCUT2D eigenvalue weighted by Crippen LogP contribution is 2.43. The largest absolute Gasteiger partial charge is 0.465 e. The zero-order chi connectivity index (χ0) is 41.9. The molecule has 1 aliphatic heterocycles. The first kappa shape index (κ1) is 42.4. The smallest absolute Gasteiger partial charge is 0.337 e. The zero-order valence-corrected chi connectivity index (χ0v) is 35.8. The summed E-state index contributed by atoms with van der Waals surface area (Å²) < 4.78 is 5.07. The minimum absolute atomic E-state index is 0.00774. The van der Waals surface area contributed by atoms with E-state index < -0.39 is 17.3 Å². The molecule has 12 heteroatoms. The van der Waals surface area contributed by atoms with Crippen LogP contribution in [0.4, 0.5) is 11.4 Å². The Labute approximate surface area is 355 Å². The predicted molar refractivity (Wildman–Crippen MR) is 238 cm³/mol. The van der Waals surface area contributed by atoms with Gasteiger partial charge in [-0.2, -0.15) is 0 Å². The lowest BCUT2D eigenvalue weighted by atomic mass is 9.94. The zero-order valence-electron chi connectivity index (χ0n) is 33.5. The molecule has 0 radical (unpaired) electrons. The van der Waals surface area contributed by atoms with Gasteiger partial charge in [-0.15, -0.1) is 0 Å². The molecular weight excluding hydrogens is 793 g/mol. The molecule has 5 aromatic rings. The van der Waals surface area contributed by atoms with Crippen molar-refractivity contribution >= 4 is 86.1 Å². The molecule has 2 amide bonds. The van der Waals surface area contributed by atoms with Gasteiger partial charge in [-0.3, -0.25) is 9.59 Å². The van der Waals surface area contributed by atoms with E-state index in [0.29, 0.717) is 63.5 Å². The summed E-state index contributed by atoms with van der Waals surface area (Å²) in [5.41, 5.74) is 5.80. The van der Waals surface area contributed by atoms with Crippen molar-refractivity contribution in [3.05, 3.63) is 141 Å². The Hall–Kier alpha value is -5.22. The van der Waals surface area contributed by atoms with Gasteiger partial charge in [-0.05, 0) is 92.1 Å². The van der Waals surface area contributed by atoms with Gasteiger partial charge >= 0.3 is 5.97 Å². The number of nitrogens with zero attached hydrogens (tertiary/aromatic N) is 2. The molecule has 1 aromatic heterocycles. The number of aromatic amines is 1. The highest BCUT2D eigenvalue weighted by Gasteiger charge is 2.31. The van der Waals surface area contributed by atoms with Crippen LogP contribution >= 0.6 is 34.8 Å². The van der Waals surface area contributed by atoms with Gasteiger partial charge in [0.25, 0.3) is 5.91 Å². The molecule has 1 fully saturated rings. The summed E-state index contributed by atoms with van der Waals surface area (Å²) in [4.78, 5) is 48.1. The lowest BCUT2D eigenvalue weighted by molar-refractivity contribution is -0.129. The van der Waals surface area contributed by atoms with Crippen LogP contribution in [-0.2, 0) is 9.53 Å². The molecule has 0 saturated carbocycles. The topological polar surface area (TPSA) is 107 Å². The molecule has 4 aromatic carbocycles. The van der Waals surface area contributed by atoms with E-state index in [-0.39, 0.29) is 29.2 Å². The van der Waals surface area contributed by atoms with Crippen LogP contribution in [-0.4, -0.2) is 53.9 Å². The van der Waals surface area contributed by atoms with Gasteiger partial charge in [-0.1, -0.05) is 105 Å². The highest BCUT2D eigenvalue weighted by molar-refractivity contribution is 6.35. The van der Waals surface area contributed by atoms with Crippen molar-refractivity contribution in [2.24, 2.45) is 5.41 Å². The Morgan fingerprint density at radius 2 is 1.60 bits per heavy atom. The molecule has 0 bridgehead atoms. The van der Waals surface area contributed by atoms with Crippen LogP contribution in [0.5, 0.6) is 0 Å². The quantitative estimate of drug-likeness (QED) is 0.114. The van der Waals surface area contributed by atoms with Crippen molar-refractivity contribution in [3.63, 3.8) is 0 Å². The Kier molecular flexibility index (Phi) is 13.0. The Bertz CT molecular complexity index is 2390. The van der Waals surface area contributed by atoms with Crippen molar-refractivity contribution in [3.8, 4) is 0 Å². The molecule has 0 spiro atoms. The van der Waals surface area contributed by atoms with Crippen molar-refractivity contribution < 1.29 is 19.1 Å². The second-order valence-electron chi connectivity index (χ2n) is 15.5. The monoisotopic (exact) mass is 839 g/mol. The number of esters is 1. The molecule has 2 heterocycles. The Balaban J connectivity index is 1.47. The van der Waals surface area contributed by atoms with Gasteiger partial charge in [0.1, 0.15) is 5.69 Å².